The first-order valence-corrected chi connectivity index (χ1v) is 5.40. The lowest BCUT2D eigenvalue weighted by Crippen LogP contribution is -2.11. The second kappa shape index (κ2) is 8.14. The number of tetrazole rings is 1. The van der Waals surface area contributed by atoms with E-state index >= 15 is 0 Å². The number of hydrogen-bond donors (Lipinski definition) is 1. The fourth-order valence-corrected chi connectivity index (χ4v) is 1.25. The molecule has 0 atom stereocenters. The van der Waals surface area contributed by atoms with Gasteiger partial charge in [0.25, 0.3) is 0 Å². The maximum Gasteiger partial charge on any atom is 0.164 e. The molecule has 0 aromatic carbocycles. The molecule has 1 aromatic rings. The molecule has 0 spiro atoms. The monoisotopic (exact) mass is 229 g/mol. The number of ether oxygens (including phenoxy) is 2. The third kappa shape index (κ3) is 4.65. The van der Waals surface area contributed by atoms with Gasteiger partial charge in [0.2, 0.25) is 0 Å². The highest BCUT2D eigenvalue weighted by atomic mass is 16.5. The van der Waals surface area contributed by atoms with Crippen LogP contribution < -0.4 is 5.73 Å². The molecular formula is C9H19N5O2. The Morgan fingerprint density at radius 2 is 2.12 bits per heavy atom. The molecule has 0 aliphatic carbocycles. The molecule has 0 radical (unpaired) electrons. The van der Waals surface area contributed by atoms with E-state index < -0.39 is 0 Å². The molecule has 1 rings (SSSR count). The summed E-state index contributed by atoms with van der Waals surface area (Å²) < 4.78 is 11.9. The average Bonchev–Trinajstić information content (AvgIpc) is 2.75. The predicted molar refractivity (Wildman–Crippen MR) is 57.6 cm³/mol. The fourth-order valence-electron chi connectivity index (χ4n) is 1.25. The molecule has 7 nitrogen and oxygen atoms in total. The Morgan fingerprint density at radius 1 is 1.25 bits per heavy atom. The summed E-state index contributed by atoms with van der Waals surface area (Å²) in [6.45, 7) is 3.19. The molecule has 0 fully saturated rings. The van der Waals surface area contributed by atoms with E-state index in [4.69, 9.17) is 15.2 Å². The quantitative estimate of drug-likeness (QED) is 0.578. The van der Waals surface area contributed by atoms with E-state index in [0.29, 0.717) is 19.8 Å². The van der Waals surface area contributed by atoms with E-state index in [-0.39, 0.29) is 0 Å². The van der Waals surface area contributed by atoms with Crippen LogP contribution in [0.25, 0.3) is 0 Å². The van der Waals surface area contributed by atoms with Crippen molar-refractivity contribution in [2.45, 2.75) is 25.9 Å². The van der Waals surface area contributed by atoms with Gasteiger partial charge in [-0.25, -0.2) is 4.68 Å². The van der Waals surface area contributed by atoms with E-state index in [9.17, 15) is 0 Å². The van der Waals surface area contributed by atoms with Crippen LogP contribution in [0.15, 0.2) is 0 Å². The Morgan fingerprint density at radius 3 is 2.88 bits per heavy atom. The Balaban J connectivity index is 2.03. The van der Waals surface area contributed by atoms with Crippen LogP contribution in [0, 0.1) is 0 Å². The van der Waals surface area contributed by atoms with Crippen molar-refractivity contribution in [3.8, 4) is 0 Å². The van der Waals surface area contributed by atoms with E-state index in [1.54, 1.807) is 11.8 Å². The van der Waals surface area contributed by atoms with Crippen LogP contribution in [-0.4, -0.2) is 47.1 Å². The number of rotatable bonds is 9. The van der Waals surface area contributed by atoms with Gasteiger partial charge in [0.05, 0.1) is 19.8 Å². The largest absolute Gasteiger partial charge is 0.382 e. The second-order valence-corrected chi connectivity index (χ2v) is 3.33. The van der Waals surface area contributed by atoms with Gasteiger partial charge in [-0.05, 0) is 23.3 Å². The summed E-state index contributed by atoms with van der Waals surface area (Å²) in [5.74, 6) is 0.723. The zero-order chi connectivity index (χ0) is 11.6. The topological polar surface area (TPSA) is 88.1 Å². The first-order chi connectivity index (χ1) is 7.88. The summed E-state index contributed by atoms with van der Waals surface area (Å²) >= 11 is 0. The average molecular weight is 229 g/mol. The van der Waals surface area contributed by atoms with E-state index in [0.717, 1.165) is 31.8 Å². The zero-order valence-corrected chi connectivity index (χ0v) is 9.63. The minimum Gasteiger partial charge on any atom is -0.382 e. The van der Waals surface area contributed by atoms with Crippen molar-refractivity contribution >= 4 is 0 Å². The number of unbranched alkanes of at least 4 members (excludes halogenated alkanes) is 1. The third-order valence-electron chi connectivity index (χ3n) is 2.13. The Bertz CT molecular complexity index is 279. The summed E-state index contributed by atoms with van der Waals surface area (Å²) in [5.41, 5.74) is 5.48. The van der Waals surface area contributed by atoms with Crippen molar-refractivity contribution in [3.05, 3.63) is 5.82 Å². The molecule has 7 heteroatoms. The maximum absolute atomic E-state index is 5.48. The summed E-state index contributed by atoms with van der Waals surface area (Å²) in [5, 5.41) is 11.2. The standard InChI is InChI=1S/C9H19N5O2/c1-15-6-7-16-5-3-2-4-14-9(8-10)11-12-13-14/h2-8,10H2,1H3. The van der Waals surface area contributed by atoms with Gasteiger partial charge in [0.1, 0.15) is 0 Å². The molecule has 0 saturated heterocycles. The minimum absolute atomic E-state index is 0.372. The molecule has 2 N–H and O–H groups in total. The SMILES string of the molecule is COCCOCCCCn1nnnc1CN. The highest BCUT2D eigenvalue weighted by Crippen LogP contribution is 1.97. The molecule has 1 heterocycles. The first kappa shape index (κ1) is 13.0. The van der Waals surface area contributed by atoms with Crippen molar-refractivity contribution < 1.29 is 9.47 Å². The van der Waals surface area contributed by atoms with E-state index in [1.807, 2.05) is 0 Å². The lowest BCUT2D eigenvalue weighted by Gasteiger charge is -2.04. The third-order valence-corrected chi connectivity index (χ3v) is 2.13. The van der Waals surface area contributed by atoms with E-state index in [1.165, 1.54) is 0 Å². The van der Waals surface area contributed by atoms with Crippen molar-refractivity contribution in [2.75, 3.05) is 26.9 Å². The van der Waals surface area contributed by atoms with Gasteiger partial charge < -0.3 is 15.2 Å². The lowest BCUT2D eigenvalue weighted by atomic mass is 10.3. The van der Waals surface area contributed by atoms with Crippen LogP contribution in [0.3, 0.4) is 0 Å². The molecule has 92 valence electrons. The van der Waals surface area contributed by atoms with Gasteiger partial charge in [-0.1, -0.05) is 0 Å². The highest BCUT2D eigenvalue weighted by molar-refractivity contribution is 4.77. The molecule has 0 aliphatic rings. The molecule has 0 aliphatic heterocycles. The number of aromatic nitrogens is 4. The van der Waals surface area contributed by atoms with Gasteiger partial charge >= 0.3 is 0 Å². The lowest BCUT2D eigenvalue weighted by molar-refractivity contribution is 0.0683. The van der Waals surface area contributed by atoms with Crippen molar-refractivity contribution in [3.63, 3.8) is 0 Å². The predicted octanol–water partition coefficient (Wildman–Crippen LogP) is -0.425. The van der Waals surface area contributed by atoms with Gasteiger partial charge in [0, 0.05) is 20.3 Å². The summed E-state index contributed by atoms with van der Waals surface area (Å²) in [6.07, 6.45) is 1.96. The number of methoxy groups -OCH3 is 1. The van der Waals surface area contributed by atoms with Crippen LogP contribution in [-0.2, 0) is 22.6 Å². The van der Waals surface area contributed by atoms with Crippen molar-refractivity contribution in [2.24, 2.45) is 5.73 Å². The van der Waals surface area contributed by atoms with Crippen LogP contribution in [0.1, 0.15) is 18.7 Å². The smallest absolute Gasteiger partial charge is 0.164 e. The zero-order valence-electron chi connectivity index (χ0n) is 9.63. The summed E-state index contributed by atoms with van der Waals surface area (Å²) in [6, 6.07) is 0. The van der Waals surface area contributed by atoms with Gasteiger partial charge in [-0.15, -0.1) is 5.10 Å². The molecular weight excluding hydrogens is 210 g/mol. The number of nitrogens with zero attached hydrogens (tertiary/aromatic N) is 4. The maximum atomic E-state index is 5.48. The molecule has 16 heavy (non-hydrogen) atoms. The fraction of sp³-hybridized carbons (Fsp3) is 0.889. The molecule has 0 amide bonds. The summed E-state index contributed by atoms with van der Waals surface area (Å²) in [7, 11) is 1.66. The molecule has 0 unspecified atom stereocenters. The number of nitrogens with two attached hydrogens (primary N) is 1. The highest BCUT2D eigenvalue weighted by Gasteiger charge is 2.02. The number of hydrogen-bond acceptors (Lipinski definition) is 6. The normalized spacial score (nSPS) is 10.9. The second-order valence-electron chi connectivity index (χ2n) is 3.33. The van der Waals surface area contributed by atoms with Crippen LogP contribution in [0.4, 0.5) is 0 Å². The van der Waals surface area contributed by atoms with Gasteiger partial charge in [0.15, 0.2) is 5.82 Å². The Kier molecular flexibility index (Phi) is 6.62. The van der Waals surface area contributed by atoms with Crippen molar-refractivity contribution in [1.82, 2.24) is 20.2 Å². The van der Waals surface area contributed by atoms with Crippen LogP contribution in [0.5, 0.6) is 0 Å². The Hall–Kier alpha value is -1.05. The van der Waals surface area contributed by atoms with Crippen LogP contribution in [0.2, 0.25) is 0 Å². The molecule has 0 saturated carbocycles. The minimum atomic E-state index is 0.372. The van der Waals surface area contributed by atoms with Gasteiger partial charge in [-0.3, -0.25) is 0 Å². The summed E-state index contributed by atoms with van der Waals surface area (Å²) in [4.78, 5) is 0. The number of aryl methyl sites for hydroxylation is 1. The Labute approximate surface area is 94.9 Å². The first-order valence-electron chi connectivity index (χ1n) is 5.40. The van der Waals surface area contributed by atoms with Crippen LogP contribution >= 0.6 is 0 Å². The van der Waals surface area contributed by atoms with Gasteiger partial charge in [-0.2, -0.15) is 0 Å². The molecule has 1 aromatic heterocycles. The van der Waals surface area contributed by atoms with Crippen molar-refractivity contribution in [1.29, 1.82) is 0 Å². The van der Waals surface area contributed by atoms with E-state index in [2.05, 4.69) is 15.5 Å². The molecule has 0 bridgehead atoms.